The summed E-state index contributed by atoms with van der Waals surface area (Å²) >= 11 is 0. The number of hydrogen-bond acceptors (Lipinski definition) is 8. The lowest BCUT2D eigenvalue weighted by Crippen LogP contribution is -2.37. The molecule has 9 nitrogen and oxygen atoms in total. The summed E-state index contributed by atoms with van der Waals surface area (Å²) in [6, 6.07) is 0. The Morgan fingerprint density at radius 3 is 0.825 bits per heavy atom. The molecule has 0 aromatic rings. The Kier molecular flexibility index (Phi) is 80.0. The molecule has 10 heteroatoms. The van der Waals surface area contributed by atoms with Crippen molar-refractivity contribution >= 4 is 19.8 Å². The first-order chi connectivity index (χ1) is 50.5. The van der Waals surface area contributed by atoms with Gasteiger partial charge in [0.25, 0.3) is 7.82 Å². The Balaban J connectivity index is 3.92. The molecule has 103 heavy (non-hydrogen) atoms. The van der Waals surface area contributed by atoms with Crippen LogP contribution in [0.15, 0.2) is 109 Å². The molecule has 0 spiro atoms. The van der Waals surface area contributed by atoms with Crippen molar-refractivity contribution in [1.29, 1.82) is 0 Å². The molecule has 0 aromatic carbocycles. The Bertz CT molecular complexity index is 2110. The molecule has 0 fully saturated rings. The van der Waals surface area contributed by atoms with Crippen LogP contribution < -0.4 is 4.89 Å². The fraction of sp³-hybridized carbons (Fsp3) is 0.785. The van der Waals surface area contributed by atoms with E-state index in [2.05, 4.69) is 123 Å². The molecule has 0 aromatic heterocycles. The highest BCUT2D eigenvalue weighted by molar-refractivity contribution is 7.45. The van der Waals surface area contributed by atoms with Gasteiger partial charge in [-0.25, -0.2) is 0 Å². The average molecular weight is 1460 g/mol. The summed E-state index contributed by atoms with van der Waals surface area (Å²) in [5, 5.41) is 0. The van der Waals surface area contributed by atoms with Gasteiger partial charge in [-0.3, -0.25) is 14.2 Å². The van der Waals surface area contributed by atoms with E-state index in [1.807, 2.05) is 21.1 Å². The number of unbranched alkanes of at least 4 members (excludes halogenated alkanes) is 50. The van der Waals surface area contributed by atoms with E-state index in [0.717, 1.165) is 96.3 Å². The summed E-state index contributed by atoms with van der Waals surface area (Å²) in [4.78, 5) is 38.3. The van der Waals surface area contributed by atoms with E-state index in [9.17, 15) is 19.0 Å². The van der Waals surface area contributed by atoms with Gasteiger partial charge in [0.1, 0.15) is 19.8 Å². The Labute approximate surface area is 639 Å². The number of hydrogen-bond donors (Lipinski definition) is 0. The van der Waals surface area contributed by atoms with Crippen molar-refractivity contribution in [3.8, 4) is 0 Å². The molecule has 0 saturated heterocycles. The zero-order valence-electron chi connectivity index (χ0n) is 68.5. The van der Waals surface area contributed by atoms with E-state index in [-0.39, 0.29) is 32.0 Å². The summed E-state index contributed by atoms with van der Waals surface area (Å²) in [5.41, 5.74) is 0. The molecule has 2 atom stereocenters. The van der Waals surface area contributed by atoms with Gasteiger partial charge in [0, 0.05) is 12.8 Å². The standard InChI is InChI=1S/C93H168NO8P/c1-6-8-10-12-14-16-18-20-22-24-26-28-30-32-34-36-38-40-42-44-46-47-48-50-52-54-56-58-60-62-64-66-68-70-72-74-76-78-80-82-84-86-93(96)102-91(90-101-103(97,98)100-88-87-94(3,4)5)89-99-92(95)85-83-81-79-77-75-73-71-69-67-65-63-61-59-57-55-53-51-49-45-43-41-39-37-35-33-31-29-27-25-23-21-19-17-15-13-11-9-7-2/h8,10,14,16,20,22,26,28,32,34,38,40,44,46,48,50,54,56,91H,6-7,9,11-13,15,17-19,21,23-25,27,29-31,33,35-37,39,41-43,45,47,49,51-53,55,57-90H2,1-5H3/b10-8-,16-14-,22-20-,28-26-,34-32-,40-38-,46-44-,50-48-,56-54-. The number of phosphoric ester groups is 1. The number of nitrogens with zero attached hydrogens (tertiary/aromatic N) is 1. The zero-order valence-corrected chi connectivity index (χ0v) is 69.4. The summed E-state index contributed by atoms with van der Waals surface area (Å²) in [7, 11) is 1.18. The number of carbonyl (C=O) groups excluding carboxylic acids is 2. The van der Waals surface area contributed by atoms with Crippen LogP contribution in [0.1, 0.15) is 418 Å². The predicted octanol–water partition coefficient (Wildman–Crippen LogP) is 29.3. The number of esters is 2. The molecule has 0 saturated carbocycles. The molecule has 598 valence electrons. The minimum absolute atomic E-state index is 0.0323. The first kappa shape index (κ1) is 99.7. The van der Waals surface area contributed by atoms with Crippen LogP contribution in [0, 0.1) is 0 Å². The number of likely N-dealkylation sites (N-methyl/N-ethyl adjacent to an activating group) is 1. The van der Waals surface area contributed by atoms with Crippen molar-refractivity contribution in [2.45, 2.75) is 424 Å². The van der Waals surface area contributed by atoms with Crippen molar-refractivity contribution < 1.29 is 42.1 Å². The molecule has 0 aliphatic heterocycles. The van der Waals surface area contributed by atoms with Gasteiger partial charge in [-0.05, 0) is 83.5 Å². The van der Waals surface area contributed by atoms with Crippen LogP contribution >= 0.6 is 7.82 Å². The van der Waals surface area contributed by atoms with E-state index >= 15 is 0 Å². The van der Waals surface area contributed by atoms with Crippen LogP contribution in [0.3, 0.4) is 0 Å². The highest BCUT2D eigenvalue weighted by Crippen LogP contribution is 2.38. The van der Waals surface area contributed by atoms with Gasteiger partial charge in [0.05, 0.1) is 27.7 Å². The molecular weight excluding hydrogens is 1290 g/mol. The van der Waals surface area contributed by atoms with Crippen LogP contribution in [-0.2, 0) is 32.7 Å². The third-order valence-electron chi connectivity index (χ3n) is 19.6. The van der Waals surface area contributed by atoms with Gasteiger partial charge in [0.15, 0.2) is 6.10 Å². The van der Waals surface area contributed by atoms with Crippen LogP contribution in [0.4, 0.5) is 0 Å². The maximum atomic E-state index is 12.9. The fourth-order valence-electron chi connectivity index (χ4n) is 12.9. The number of quaternary nitrogens is 1. The molecule has 2 unspecified atom stereocenters. The molecule has 0 bridgehead atoms. The second-order valence-electron chi connectivity index (χ2n) is 30.9. The van der Waals surface area contributed by atoms with Gasteiger partial charge in [-0.1, -0.05) is 431 Å². The van der Waals surface area contributed by atoms with E-state index in [1.165, 1.54) is 289 Å². The largest absolute Gasteiger partial charge is 0.756 e. The molecule has 0 rings (SSSR count). The molecule has 0 heterocycles. The third-order valence-corrected chi connectivity index (χ3v) is 20.5. The summed E-state index contributed by atoms with van der Waals surface area (Å²) in [6.45, 7) is 4.18. The van der Waals surface area contributed by atoms with E-state index in [4.69, 9.17) is 18.5 Å². The van der Waals surface area contributed by atoms with E-state index in [1.54, 1.807) is 0 Å². The minimum atomic E-state index is -4.65. The van der Waals surface area contributed by atoms with Crippen molar-refractivity contribution in [2.24, 2.45) is 0 Å². The quantitative estimate of drug-likeness (QED) is 0.0195. The monoisotopic (exact) mass is 1460 g/mol. The van der Waals surface area contributed by atoms with Gasteiger partial charge < -0.3 is 27.9 Å². The van der Waals surface area contributed by atoms with Crippen LogP contribution in [0.2, 0.25) is 0 Å². The highest BCUT2D eigenvalue weighted by Gasteiger charge is 2.22. The molecule has 0 amide bonds. The Morgan fingerprint density at radius 1 is 0.311 bits per heavy atom. The SMILES string of the molecule is CC/C=C\C/C=C\C/C=C\C/C=C\C/C=C\C/C=C\C/C=C\C/C=C\C/C=C\CCCCCCCCCCCCCCCC(=O)OC(COC(=O)CCCCCCCCCCCCCCCCCCCCCCCCCCCCCCCCCCCCCCCC)COP(=O)([O-])OCC[N+](C)(C)C. The second kappa shape index (κ2) is 82.7. The van der Waals surface area contributed by atoms with Crippen molar-refractivity contribution in [2.75, 3.05) is 47.5 Å². The van der Waals surface area contributed by atoms with Gasteiger partial charge in [-0.15, -0.1) is 0 Å². The number of phosphoric acid groups is 1. The smallest absolute Gasteiger partial charge is 0.306 e. The number of rotatable bonds is 82. The molecule has 0 aliphatic rings. The van der Waals surface area contributed by atoms with Crippen molar-refractivity contribution in [1.82, 2.24) is 0 Å². The number of ether oxygens (including phenoxy) is 2. The van der Waals surface area contributed by atoms with Crippen molar-refractivity contribution in [3.63, 3.8) is 0 Å². The number of allylic oxidation sites excluding steroid dienone is 18. The molecule has 0 N–H and O–H groups in total. The summed E-state index contributed by atoms with van der Waals surface area (Å²) < 4.78 is 34.5. The second-order valence-corrected chi connectivity index (χ2v) is 32.3. The highest BCUT2D eigenvalue weighted by atomic mass is 31.2. The maximum absolute atomic E-state index is 12.9. The normalized spacial score (nSPS) is 13.5. The Morgan fingerprint density at radius 2 is 0.553 bits per heavy atom. The van der Waals surface area contributed by atoms with Crippen molar-refractivity contribution in [3.05, 3.63) is 109 Å². The molecular formula is C93H168NO8P. The fourth-order valence-corrected chi connectivity index (χ4v) is 13.6. The number of carbonyl (C=O) groups is 2. The average Bonchev–Trinajstić information content (AvgIpc) is 0.971. The first-order valence-corrected chi connectivity index (χ1v) is 45.6. The minimum Gasteiger partial charge on any atom is -0.756 e. The lowest BCUT2D eigenvalue weighted by molar-refractivity contribution is -0.870. The predicted molar refractivity (Wildman–Crippen MR) is 448 cm³/mol. The van der Waals surface area contributed by atoms with Gasteiger partial charge >= 0.3 is 11.9 Å². The third kappa shape index (κ3) is 87.5. The first-order valence-electron chi connectivity index (χ1n) is 44.1. The Hall–Kier alpha value is -3.33. The van der Waals surface area contributed by atoms with E-state index in [0.29, 0.717) is 17.4 Å². The van der Waals surface area contributed by atoms with Crippen LogP contribution in [0.25, 0.3) is 0 Å². The summed E-state index contributed by atoms with van der Waals surface area (Å²) in [6.07, 6.45) is 118. The van der Waals surface area contributed by atoms with E-state index < -0.39 is 26.5 Å². The lowest BCUT2D eigenvalue weighted by Gasteiger charge is -2.28. The van der Waals surface area contributed by atoms with Crippen LogP contribution in [-0.4, -0.2) is 70.0 Å². The maximum Gasteiger partial charge on any atom is 0.306 e. The topological polar surface area (TPSA) is 111 Å². The zero-order chi connectivity index (χ0) is 74.7. The van der Waals surface area contributed by atoms with Crippen LogP contribution in [0.5, 0.6) is 0 Å². The molecule has 0 aliphatic carbocycles. The molecule has 0 radical (unpaired) electrons. The lowest BCUT2D eigenvalue weighted by atomic mass is 10.0. The van der Waals surface area contributed by atoms with Gasteiger partial charge in [-0.2, -0.15) is 0 Å². The van der Waals surface area contributed by atoms with Gasteiger partial charge in [0.2, 0.25) is 0 Å². The summed E-state index contributed by atoms with van der Waals surface area (Å²) in [5.74, 6) is -0.819.